The van der Waals surface area contributed by atoms with Gasteiger partial charge in [0.1, 0.15) is 5.75 Å². The molecule has 0 amide bonds. The maximum atomic E-state index is 5.78. The number of anilines is 1. The number of H-pyrrole nitrogens is 1. The molecule has 0 aliphatic carbocycles. The number of hydrogen-bond donors (Lipinski definition) is 2. The highest BCUT2D eigenvalue weighted by atomic mass is 16.5. The molecule has 4 nitrogen and oxygen atoms in total. The van der Waals surface area contributed by atoms with Gasteiger partial charge in [0.15, 0.2) is 0 Å². The van der Waals surface area contributed by atoms with Crippen LogP contribution in [0.2, 0.25) is 0 Å². The lowest BCUT2D eigenvalue weighted by atomic mass is 10.1. The fourth-order valence-corrected chi connectivity index (χ4v) is 2.33. The first-order chi connectivity index (χ1) is 8.70. The van der Waals surface area contributed by atoms with Crippen LogP contribution in [0, 0.1) is 0 Å². The van der Waals surface area contributed by atoms with Crippen LogP contribution < -0.4 is 10.5 Å². The zero-order chi connectivity index (χ0) is 12.7. The highest BCUT2D eigenvalue weighted by Crippen LogP contribution is 2.37. The normalized spacial score (nSPS) is 11.0. The van der Waals surface area contributed by atoms with Crippen LogP contribution in [0.25, 0.3) is 22.2 Å². The number of fused-ring (bicyclic) bond motifs is 1. The number of rotatable bonds is 2. The fourth-order valence-electron chi connectivity index (χ4n) is 2.33. The summed E-state index contributed by atoms with van der Waals surface area (Å²) < 4.78 is 7.54. The largest absolute Gasteiger partial charge is 0.496 e. The Morgan fingerprint density at radius 1 is 1.28 bits per heavy atom. The summed E-state index contributed by atoms with van der Waals surface area (Å²) in [5, 5.41) is 1.15. The van der Waals surface area contributed by atoms with Crippen molar-refractivity contribution in [3.63, 3.8) is 0 Å². The topological polar surface area (TPSA) is 56.0 Å². The van der Waals surface area contributed by atoms with Crippen molar-refractivity contribution in [1.29, 1.82) is 0 Å². The maximum Gasteiger partial charge on any atom is 0.128 e. The molecule has 1 aromatic carbocycles. The Labute approximate surface area is 105 Å². The first-order valence-electron chi connectivity index (χ1n) is 5.77. The third kappa shape index (κ3) is 1.46. The van der Waals surface area contributed by atoms with Crippen molar-refractivity contribution < 1.29 is 4.74 Å². The van der Waals surface area contributed by atoms with Gasteiger partial charge in [-0.2, -0.15) is 0 Å². The van der Waals surface area contributed by atoms with Crippen molar-refractivity contribution in [2.45, 2.75) is 0 Å². The molecule has 0 aliphatic heterocycles. The summed E-state index contributed by atoms with van der Waals surface area (Å²) >= 11 is 0. The van der Waals surface area contributed by atoms with Crippen LogP contribution in [0.1, 0.15) is 0 Å². The lowest BCUT2D eigenvalue weighted by Gasteiger charge is -2.09. The Kier molecular flexibility index (Phi) is 2.30. The van der Waals surface area contributed by atoms with Crippen molar-refractivity contribution in [1.82, 2.24) is 9.55 Å². The molecule has 3 rings (SSSR count). The summed E-state index contributed by atoms with van der Waals surface area (Å²) in [5.41, 5.74) is 9.69. The molecule has 2 heterocycles. The van der Waals surface area contributed by atoms with Gasteiger partial charge in [-0.25, -0.2) is 0 Å². The molecule has 0 radical (unpaired) electrons. The van der Waals surface area contributed by atoms with Gasteiger partial charge in [0.25, 0.3) is 0 Å². The Hall–Kier alpha value is -2.36. The van der Waals surface area contributed by atoms with Gasteiger partial charge in [-0.3, -0.25) is 0 Å². The summed E-state index contributed by atoms with van der Waals surface area (Å²) in [6.45, 7) is 0. The third-order valence-corrected chi connectivity index (χ3v) is 3.22. The Bertz CT molecular complexity index is 709. The number of benzene rings is 1. The van der Waals surface area contributed by atoms with Crippen LogP contribution in [0.3, 0.4) is 0 Å². The summed E-state index contributed by atoms with van der Waals surface area (Å²) in [4.78, 5) is 3.18. The molecular formula is C14H15N3O. The summed E-state index contributed by atoms with van der Waals surface area (Å²) in [5.74, 6) is 0.843. The van der Waals surface area contributed by atoms with E-state index in [0.29, 0.717) is 0 Å². The number of hydrogen-bond acceptors (Lipinski definition) is 2. The molecule has 0 fully saturated rings. The van der Waals surface area contributed by atoms with E-state index in [4.69, 9.17) is 10.5 Å². The van der Waals surface area contributed by atoms with E-state index in [1.54, 1.807) is 13.3 Å². The standard InChI is InChI=1S/C14H15N3O/c1-17-6-5-10-12(17)3-4-13(18-2)14(10)11-7-9(15)8-16-11/h3-8,16H,15H2,1-2H3. The van der Waals surface area contributed by atoms with Crippen molar-refractivity contribution in [3.05, 3.63) is 36.7 Å². The van der Waals surface area contributed by atoms with Crippen molar-refractivity contribution in [3.8, 4) is 17.0 Å². The van der Waals surface area contributed by atoms with E-state index in [1.165, 1.54) is 5.52 Å². The van der Waals surface area contributed by atoms with Crippen molar-refractivity contribution in [2.75, 3.05) is 12.8 Å². The summed E-state index contributed by atoms with van der Waals surface area (Å²) in [7, 11) is 3.71. The van der Waals surface area contributed by atoms with Crippen molar-refractivity contribution >= 4 is 16.6 Å². The zero-order valence-corrected chi connectivity index (χ0v) is 10.4. The predicted octanol–water partition coefficient (Wildman–Crippen LogP) is 2.76. The zero-order valence-electron chi connectivity index (χ0n) is 10.4. The molecule has 0 atom stereocenters. The highest BCUT2D eigenvalue weighted by Gasteiger charge is 2.13. The van der Waals surface area contributed by atoms with E-state index < -0.39 is 0 Å². The van der Waals surface area contributed by atoms with Gasteiger partial charge in [0.05, 0.1) is 12.8 Å². The van der Waals surface area contributed by atoms with Gasteiger partial charge in [-0.05, 0) is 24.3 Å². The Morgan fingerprint density at radius 2 is 2.11 bits per heavy atom. The van der Waals surface area contributed by atoms with E-state index in [2.05, 4.69) is 21.7 Å². The molecule has 3 N–H and O–H groups in total. The molecule has 0 unspecified atom stereocenters. The van der Waals surface area contributed by atoms with Gasteiger partial charge in [-0.15, -0.1) is 0 Å². The van der Waals surface area contributed by atoms with E-state index in [0.717, 1.165) is 28.1 Å². The summed E-state index contributed by atoms with van der Waals surface area (Å²) in [6, 6.07) is 8.05. The molecule has 0 saturated carbocycles. The smallest absolute Gasteiger partial charge is 0.128 e. The molecule has 4 heteroatoms. The predicted molar refractivity (Wildman–Crippen MR) is 73.7 cm³/mol. The number of aromatic nitrogens is 2. The quantitative estimate of drug-likeness (QED) is 0.724. The van der Waals surface area contributed by atoms with Gasteiger partial charge in [0, 0.05) is 41.6 Å². The van der Waals surface area contributed by atoms with Crippen molar-refractivity contribution in [2.24, 2.45) is 7.05 Å². The maximum absolute atomic E-state index is 5.78. The van der Waals surface area contributed by atoms with Crippen LogP contribution in [-0.4, -0.2) is 16.7 Å². The number of nitrogen functional groups attached to an aromatic ring is 1. The number of nitrogens with one attached hydrogen (secondary N) is 1. The molecule has 3 aromatic rings. The number of aromatic amines is 1. The molecule has 0 saturated heterocycles. The van der Waals surface area contributed by atoms with E-state index in [1.807, 2.05) is 25.4 Å². The van der Waals surface area contributed by atoms with E-state index in [-0.39, 0.29) is 0 Å². The minimum absolute atomic E-state index is 0.722. The van der Waals surface area contributed by atoms with E-state index >= 15 is 0 Å². The average Bonchev–Trinajstić information content (AvgIpc) is 2.95. The second kappa shape index (κ2) is 3.84. The molecule has 0 spiro atoms. The molecule has 92 valence electrons. The van der Waals surface area contributed by atoms with E-state index in [9.17, 15) is 0 Å². The molecule has 2 aromatic heterocycles. The SMILES string of the molecule is COc1ccc2c(ccn2C)c1-c1cc(N)c[nH]1. The Balaban J connectivity index is 2.36. The minimum atomic E-state index is 0.722. The lowest BCUT2D eigenvalue weighted by Crippen LogP contribution is -1.90. The van der Waals surface area contributed by atoms with Crippen LogP contribution >= 0.6 is 0 Å². The fraction of sp³-hybridized carbons (Fsp3) is 0.143. The monoisotopic (exact) mass is 241 g/mol. The van der Waals surface area contributed by atoms with Gasteiger partial charge < -0.3 is 20.0 Å². The van der Waals surface area contributed by atoms with Crippen LogP contribution in [0.4, 0.5) is 5.69 Å². The van der Waals surface area contributed by atoms with Crippen LogP contribution in [0.5, 0.6) is 5.75 Å². The van der Waals surface area contributed by atoms with Crippen LogP contribution in [-0.2, 0) is 7.05 Å². The van der Waals surface area contributed by atoms with Gasteiger partial charge in [0.2, 0.25) is 0 Å². The lowest BCUT2D eigenvalue weighted by molar-refractivity contribution is 0.417. The van der Waals surface area contributed by atoms with Gasteiger partial charge >= 0.3 is 0 Å². The highest BCUT2D eigenvalue weighted by molar-refractivity contribution is 5.98. The number of nitrogens with zero attached hydrogens (tertiary/aromatic N) is 1. The molecule has 0 bridgehead atoms. The second-order valence-corrected chi connectivity index (χ2v) is 4.35. The first kappa shape index (κ1) is 10.8. The second-order valence-electron chi connectivity index (χ2n) is 4.35. The number of ether oxygens (including phenoxy) is 1. The van der Waals surface area contributed by atoms with Crippen LogP contribution in [0.15, 0.2) is 36.7 Å². The number of aryl methyl sites for hydroxylation is 1. The molecular weight excluding hydrogens is 226 g/mol. The summed E-state index contributed by atoms with van der Waals surface area (Å²) in [6.07, 6.45) is 3.83. The first-order valence-corrected chi connectivity index (χ1v) is 5.77. The minimum Gasteiger partial charge on any atom is -0.496 e. The average molecular weight is 241 g/mol. The molecule has 18 heavy (non-hydrogen) atoms. The Morgan fingerprint density at radius 3 is 2.78 bits per heavy atom. The number of methoxy groups -OCH3 is 1. The van der Waals surface area contributed by atoms with Gasteiger partial charge in [-0.1, -0.05) is 0 Å². The third-order valence-electron chi connectivity index (χ3n) is 3.22. The number of nitrogens with two attached hydrogens (primary N) is 1. The molecule has 0 aliphatic rings.